The second-order valence-electron chi connectivity index (χ2n) is 6.60. The second-order valence-corrected chi connectivity index (χ2v) is 6.60. The van der Waals surface area contributed by atoms with Crippen molar-refractivity contribution in [1.82, 2.24) is 0 Å². The molecule has 6 nitrogen and oxygen atoms in total. The molecule has 0 unspecified atom stereocenters. The Labute approximate surface area is 171 Å². The van der Waals surface area contributed by atoms with Crippen molar-refractivity contribution in [2.75, 3.05) is 42.3 Å². The first-order chi connectivity index (χ1) is 14.2. The highest BCUT2D eigenvalue weighted by Gasteiger charge is 2.23. The molecule has 0 radical (unpaired) electrons. The zero-order chi connectivity index (χ0) is 20.8. The fraction of sp³-hybridized carbons (Fsp3) is 0.391. The van der Waals surface area contributed by atoms with Crippen molar-refractivity contribution >= 4 is 5.57 Å². The van der Waals surface area contributed by atoms with E-state index in [0.717, 1.165) is 47.3 Å². The van der Waals surface area contributed by atoms with Crippen LogP contribution in [-0.4, -0.2) is 42.3 Å². The number of ether oxygens (including phenoxy) is 6. The Kier molecular flexibility index (Phi) is 6.88. The smallest absolute Gasteiger partial charge is 0.203 e. The van der Waals surface area contributed by atoms with E-state index in [-0.39, 0.29) is 6.79 Å². The van der Waals surface area contributed by atoms with Gasteiger partial charge in [-0.3, -0.25) is 0 Å². The highest BCUT2D eigenvalue weighted by molar-refractivity contribution is 5.85. The van der Waals surface area contributed by atoms with E-state index in [1.807, 2.05) is 18.2 Å². The highest BCUT2D eigenvalue weighted by Crippen LogP contribution is 2.45. The van der Waals surface area contributed by atoms with Gasteiger partial charge in [-0.05, 0) is 54.2 Å². The van der Waals surface area contributed by atoms with Gasteiger partial charge in [-0.15, -0.1) is 0 Å². The molecule has 0 bridgehead atoms. The summed E-state index contributed by atoms with van der Waals surface area (Å²) in [5, 5.41) is 0. The third kappa shape index (κ3) is 4.12. The molecule has 0 saturated heterocycles. The molecule has 3 rings (SSSR count). The number of hydrogen-bond donors (Lipinski definition) is 0. The first-order valence-corrected chi connectivity index (χ1v) is 9.51. The molecule has 0 saturated carbocycles. The van der Waals surface area contributed by atoms with Crippen molar-refractivity contribution in [3.63, 3.8) is 0 Å². The summed E-state index contributed by atoms with van der Waals surface area (Å²) in [4.78, 5) is 0. The van der Waals surface area contributed by atoms with Crippen LogP contribution < -0.4 is 23.7 Å². The topological polar surface area (TPSA) is 55.4 Å². The summed E-state index contributed by atoms with van der Waals surface area (Å²) in [5.74, 6) is 3.25. The largest absolute Gasteiger partial charge is 0.493 e. The quantitative estimate of drug-likeness (QED) is 0.610. The van der Waals surface area contributed by atoms with Gasteiger partial charge in [0.1, 0.15) is 0 Å². The maximum absolute atomic E-state index is 5.90. The molecule has 0 fully saturated rings. The van der Waals surface area contributed by atoms with E-state index in [1.54, 1.807) is 35.5 Å². The molecule has 29 heavy (non-hydrogen) atoms. The van der Waals surface area contributed by atoms with Crippen LogP contribution in [0.3, 0.4) is 0 Å². The number of hydrogen-bond acceptors (Lipinski definition) is 6. The number of allylic oxidation sites excluding steroid dienone is 1. The van der Waals surface area contributed by atoms with Gasteiger partial charge in [0.15, 0.2) is 29.8 Å². The Morgan fingerprint density at radius 3 is 2.07 bits per heavy atom. The minimum absolute atomic E-state index is 0.163. The van der Waals surface area contributed by atoms with Gasteiger partial charge >= 0.3 is 0 Å². The van der Waals surface area contributed by atoms with Gasteiger partial charge in [-0.25, -0.2) is 0 Å². The van der Waals surface area contributed by atoms with Gasteiger partial charge in [0.05, 0.1) is 28.4 Å². The Bertz CT molecular complexity index is 862. The summed E-state index contributed by atoms with van der Waals surface area (Å²) in [7, 11) is 8.10. The highest BCUT2D eigenvalue weighted by atomic mass is 16.7. The Hall–Kier alpha value is -2.86. The molecule has 0 aromatic heterocycles. The summed E-state index contributed by atoms with van der Waals surface area (Å²) in [6, 6.07) is 7.96. The van der Waals surface area contributed by atoms with E-state index in [1.165, 1.54) is 0 Å². The lowest BCUT2D eigenvalue weighted by Crippen LogP contribution is -2.06. The van der Waals surface area contributed by atoms with Crippen LogP contribution in [0.5, 0.6) is 28.7 Å². The Morgan fingerprint density at radius 2 is 1.48 bits per heavy atom. The fourth-order valence-electron chi connectivity index (χ4n) is 3.69. The molecule has 1 aliphatic carbocycles. The second kappa shape index (κ2) is 9.56. The molecule has 0 N–H and O–H groups in total. The first-order valence-electron chi connectivity index (χ1n) is 9.51. The van der Waals surface area contributed by atoms with Crippen LogP contribution in [-0.2, 0) is 11.2 Å². The minimum Gasteiger partial charge on any atom is -0.493 e. The van der Waals surface area contributed by atoms with Crippen LogP contribution in [0.1, 0.15) is 29.5 Å². The number of fused-ring (bicyclic) bond motifs is 1. The van der Waals surface area contributed by atoms with E-state index >= 15 is 0 Å². The maximum Gasteiger partial charge on any atom is 0.203 e. The Balaban J connectivity index is 2.17. The molecule has 0 spiro atoms. The lowest BCUT2D eigenvalue weighted by atomic mass is 9.92. The molecule has 0 amide bonds. The normalized spacial score (nSPS) is 13.1. The minimum atomic E-state index is 0.163. The molecule has 0 heterocycles. The molecular formula is C23H28O6. The molecule has 2 aromatic carbocycles. The van der Waals surface area contributed by atoms with Gasteiger partial charge in [0, 0.05) is 12.7 Å². The third-order valence-corrected chi connectivity index (χ3v) is 5.01. The summed E-state index contributed by atoms with van der Waals surface area (Å²) in [6.07, 6.45) is 5.10. The van der Waals surface area contributed by atoms with Gasteiger partial charge < -0.3 is 28.4 Å². The molecular weight excluding hydrogens is 372 g/mol. The summed E-state index contributed by atoms with van der Waals surface area (Å²) < 4.78 is 33.1. The van der Waals surface area contributed by atoms with Gasteiger partial charge in [-0.1, -0.05) is 12.1 Å². The van der Waals surface area contributed by atoms with E-state index in [4.69, 9.17) is 28.4 Å². The molecule has 156 valence electrons. The van der Waals surface area contributed by atoms with E-state index in [9.17, 15) is 0 Å². The average molecular weight is 400 g/mol. The first kappa shape index (κ1) is 20.9. The summed E-state index contributed by atoms with van der Waals surface area (Å²) >= 11 is 0. The van der Waals surface area contributed by atoms with Gasteiger partial charge in [0.2, 0.25) is 5.75 Å². The van der Waals surface area contributed by atoms with Crippen LogP contribution in [0, 0.1) is 0 Å². The van der Waals surface area contributed by atoms with Crippen molar-refractivity contribution in [3.8, 4) is 28.7 Å². The summed E-state index contributed by atoms with van der Waals surface area (Å²) in [5.41, 5.74) is 4.30. The lowest BCUT2D eigenvalue weighted by molar-refractivity contribution is 0.0484. The predicted octanol–water partition coefficient (Wildman–Crippen LogP) is 4.47. The van der Waals surface area contributed by atoms with Crippen LogP contribution in [0.2, 0.25) is 0 Å². The van der Waals surface area contributed by atoms with Crippen LogP contribution in [0.4, 0.5) is 0 Å². The van der Waals surface area contributed by atoms with Crippen molar-refractivity contribution in [1.29, 1.82) is 0 Å². The standard InChI is InChI=1S/C23H28O6/c1-24-14-29-22-18-9-7-6-8-16(17(18)10-11-19(22)25-2)15-12-20(26-3)23(28-5)21(13-15)27-4/h8,10-13H,6-7,9,14H2,1-5H3. The van der Waals surface area contributed by atoms with Crippen molar-refractivity contribution in [3.05, 3.63) is 47.0 Å². The molecule has 6 heteroatoms. The predicted molar refractivity (Wildman–Crippen MR) is 112 cm³/mol. The summed E-state index contributed by atoms with van der Waals surface area (Å²) in [6.45, 7) is 0.163. The van der Waals surface area contributed by atoms with Gasteiger partial charge in [-0.2, -0.15) is 0 Å². The SMILES string of the molecule is COCOc1c(OC)ccc2c1CCCC=C2c1cc(OC)c(OC)c(OC)c1. The van der Waals surface area contributed by atoms with Gasteiger partial charge in [0.25, 0.3) is 0 Å². The van der Waals surface area contributed by atoms with Crippen molar-refractivity contribution in [2.24, 2.45) is 0 Å². The van der Waals surface area contributed by atoms with E-state index in [2.05, 4.69) is 12.1 Å². The van der Waals surface area contributed by atoms with Crippen molar-refractivity contribution < 1.29 is 28.4 Å². The van der Waals surface area contributed by atoms with Crippen LogP contribution >= 0.6 is 0 Å². The Morgan fingerprint density at radius 1 is 0.793 bits per heavy atom. The third-order valence-electron chi connectivity index (χ3n) is 5.01. The number of methoxy groups -OCH3 is 5. The fourth-order valence-corrected chi connectivity index (χ4v) is 3.69. The average Bonchev–Trinajstić information content (AvgIpc) is 2.98. The molecule has 0 aliphatic heterocycles. The van der Waals surface area contributed by atoms with E-state index < -0.39 is 0 Å². The van der Waals surface area contributed by atoms with E-state index in [0.29, 0.717) is 23.0 Å². The van der Waals surface area contributed by atoms with Crippen molar-refractivity contribution in [2.45, 2.75) is 19.3 Å². The molecule has 0 atom stereocenters. The van der Waals surface area contributed by atoms with Crippen LogP contribution in [0.15, 0.2) is 30.3 Å². The monoisotopic (exact) mass is 400 g/mol. The number of benzene rings is 2. The molecule has 2 aromatic rings. The zero-order valence-corrected chi connectivity index (χ0v) is 17.7. The lowest BCUT2D eigenvalue weighted by Gasteiger charge is -2.20. The molecule has 1 aliphatic rings. The van der Waals surface area contributed by atoms with Crippen LogP contribution in [0.25, 0.3) is 5.57 Å². The maximum atomic E-state index is 5.90. The number of rotatable bonds is 8. The zero-order valence-electron chi connectivity index (χ0n) is 17.7.